The van der Waals surface area contributed by atoms with E-state index < -0.39 is 0 Å². The molecule has 0 saturated carbocycles. The summed E-state index contributed by atoms with van der Waals surface area (Å²) in [6.45, 7) is 4.22. The van der Waals surface area contributed by atoms with Crippen LogP contribution in [0.1, 0.15) is 12.0 Å². The van der Waals surface area contributed by atoms with Crippen molar-refractivity contribution in [2.24, 2.45) is 0 Å². The second kappa shape index (κ2) is 7.37. The van der Waals surface area contributed by atoms with E-state index >= 15 is 0 Å². The molecule has 0 aliphatic rings. The molecule has 0 aliphatic carbocycles. The van der Waals surface area contributed by atoms with Gasteiger partial charge in [-0.3, -0.25) is 4.79 Å². The van der Waals surface area contributed by atoms with Gasteiger partial charge in [0.05, 0.1) is 20.6 Å². The Morgan fingerprint density at radius 1 is 1.33 bits per heavy atom. The molecule has 1 aromatic rings. The van der Waals surface area contributed by atoms with Crippen LogP contribution in [0, 0.1) is 0 Å². The van der Waals surface area contributed by atoms with Gasteiger partial charge in [-0.15, -0.1) is 6.58 Å². The summed E-state index contributed by atoms with van der Waals surface area (Å²) in [6.07, 6.45) is 2.88. The summed E-state index contributed by atoms with van der Waals surface area (Å²) in [5.74, 6) is 1.28. The fraction of sp³-hybridized carbons (Fsp3) is 0.357. The van der Waals surface area contributed by atoms with Crippen LogP contribution in [0.15, 0.2) is 30.9 Å². The predicted octanol–water partition coefficient (Wildman–Crippen LogP) is 1.94. The normalized spacial score (nSPS) is 9.67. The van der Waals surface area contributed by atoms with Crippen molar-refractivity contribution in [2.45, 2.75) is 12.8 Å². The van der Waals surface area contributed by atoms with E-state index in [1.54, 1.807) is 26.4 Å². The smallest absolute Gasteiger partial charge is 0.224 e. The molecule has 0 heterocycles. The van der Waals surface area contributed by atoms with Crippen LogP contribution in [-0.2, 0) is 11.2 Å². The van der Waals surface area contributed by atoms with Crippen LogP contribution in [0.25, 0.3) is 0 Å². The van der Waals surface area contributed by atoms with Gasteiger partial charge in [0.1, 0.15) is 0 Å². The first-order valence-electron chi connectivity index (χ1n) is 5.79. The Kier molecular flexibility index (Phi) is 5.77. The van der Waals surface area contributed by atoms with Gasteiger partial charge in [-0.2, -0.15) is 0 Å². The standard InChI is InChI=1S/C14H19NO3/c1-4-5-8-15-14(16)10-11-6-7-12(17-2)13(9-11)18-3/h4,6-7,9H,1,5,8,10H2,2-3H3,(H,15,16). The molecular formula is C14H19NO3. The SMILES string of the molecule is C=CCCNC(=O)Cc1ccc(OC)c(OC)c1. The van der Waals surface area contributed by atoms with Crippen LogP contribution < -0.4 is 14.8 Å². The number of hydrogen-bond donors (Lipinski definition) is 1. The van der Waals surface area contributed by atoms with Crippen LogP contribution >= 0.6 is 0 Å². The lowest BCUT2D eigenvalue weighted by atomic mass is 10.1. The van der Waals surface area contributed by atoms with Crippen molar-refractivity contribution in [2.75, 3.05) is 20.8 Å². The van der Waals surface area contributed by atoms with E-state index in [1.165, 1.54) is 0 Å². The van der Waals surface area contributed by atoms with Gasteiger partial charge in [-0.25, -0.2) is 0 Å². The molecule has 4 heteroatoms. The lowest BCUT2D eigenvalue weighted by Crippen LogP contribution is -2.25. The van der Waals surface area contributed by atoms with Gasteiger partial charge >= 0.3 is 0 Å². The summed E-state index contributed by atoms with van der Waals surface area (Å²) in [7, 11) is 3.16. The quantitative estimate of drug-likeness (QED) is 0.593. The third-order valence-electron chi connectivity index (χ3n) is 2.48. The molecule has 18 heavy (non-hydrogen) atoms. The molecule has 0 spiro atoms. The van der Waals surface area contributed by atoms with Crippen LogP contribution in [-0.4, -0.2) is 26.7 Å². The van der Waals surface area contributed by atoms with E-state index in [9.17, 15) is 4.79 Å². The highest BCUT2D eigenvalue weighted by atomic mass is 16.5. The fourth-order valence-corrected chi connectivity index (χ4v) is 1.55. The number of amides is 1. The van der Waals surface area contributed by atoms with Gasteiger partial charge in [0.2, 0.25) is 5.91 Å². The minimum Gasteiger partial charge on any atom is -0.493 e. The lowest BCUT2D eigenvalue weighted by Gasteiger charge is -2.09. The average Bonchev–Trinajstić information content (AvgIpc) is 2.39. The molecule has 0 radical (unpaired) electrons. The van der Waals surface area contributed by atoms with E-state index in [0.29, 0.717) is 24.5 Å². The van der Waals surface area contributed by atoms with Gasteiger partial charge in [0, 0.05) is 6.54 Å². The van der Waals surface area contributed by atoms with Crippen molar-refractivity contribution in [3.63, 3.8) is 0 Å². The van der Waals surface area contributed by atoms with Gasteiger partial charge in [-0.05, 0) is 24.1 Å². The van der Waals surface area contributed by atoms with E-state index in [2.05, 4.69) is 11.9 Å². The summed E-state index contributed by atoms with van der Waals surface area (Å²) in [5.41, 5.74) is 0.892. The highest BCUT2D eigenvalue weighted by molar-refractivity contribution is 5.78. The van der Waals surface area contributed by atoms with Gasteiger partial charge in [0.15, 0.2) is 11.5 Å². The fourth-order valence-electron chi connectivity index (χ4n) is 1.55. The van der Waals surface area contributed by atoms with E-state index in [4.69, 9.17) is 9.47 Å². The van der Waals surface area contributed by atoms with Crippen LogP contribution in [0.2, 0.25) is 0 Å². The second-order valence-corrected chi connectivity index (χ2v) is 3.79. The summed E-state index contributed by atoms with van der Waals surface area (Å²) < 4.78 is 10.3. The molecule has 0 aliphatic heterocycles. The second-order valence-electron chi connectivity index (χ2n) is 3.79. The molecule has 0 atom stereocenters. The first-order chi connectivity index (χ1) is 8.71. The molecule has 0 saturated heterocycles. The largest absolute Gasteiger partial charge is 0.493 e. The van der Waals surface area contributed by atoms with Crippen molar-refractivity contribution in [1.82, 2.24) is 5.32 Å². The molecule has 1 aromatic carbocycles. The summed E-state index contributed by atoms with van der Waals surface area (Å²) in [4.78, 5) is 11.6. The lowest BCUT2D eigenvalue weighted by molar-refractivity contribution is -0.120. The number of nitrogens with one attached hydrogen (secondary N) is 1. The van der Waals surface area contributed by atoms with Crippen molar-refractivity contribution in [1.29, 1.82) is 0 Å². The minimum atomic E-state index is -0.0101. The van der Waals surface area contributed by atoms with Crippen LogP contribution in [0.4, 0.5) is 0 Å². The van der Waals surface area contributed by atoms with E-state index in [0.717, 1.165) is 12.0 Å². The number of carbonyl (C=O) groups excluding carboxylic acids is 1. The monoisotopic (exact) mass is 249 g/mol. The highest BCUT2D eigenvalue weighted by Crippen LogP contribution is 2.27. The number of ether oxygens (including phenoxy) is 2. The summed E-state index contributed by atoms with van der Waals surface area (Å²) >= 11 is 0. The molecule has 1 N–H and O–H groups in total. The molecule has 0 aromatic heterocycles. The highest BCUT2D eigenvalue weighted by Gasteiger charge is 2.07. The number of rotatable bonds is 7. The number of benzene rings is 1. The zero-order chi connectivity index (χ0) is 13.4. The molecule has 0 bridgehead atoms. The third-order valence-corrected chi connectivity index (χ3v) is 2.48. The van der Waals surface area contributed by atoms with Crippen molar-refractivity contribution in [3.05, 3.63) is 36.4 Å². The minimum absolute atomic E-state index is 0.0101. The van der Waals surface area contributed by atoms with Gasteiger partial charge < -0.3 is 14.8 Å². The van der Waals surface area contributed by atoms with Crippen molar-refractivity contribution in [3.8, 4) is 11.5 Å². The number of carbonyl (C=O) groups is 1. The Balaban J connectivity index is 2.61. The molecule has 98 valence electrons. The Labute approximate surface area is 108 Å². The number of methoxy groups -OCH3 is 2. The Morgan fingerprint density at radius 2 is 2.06 bits per heavy atom. The van der Waals surface area contributed by atoms with E-state index in [1.807, 2.05) is 12.1 Å². The molecule has 4 nitrogen and oxygen atoms in total. The molecule has 0 unspecified atom stereocenters. The van der Waals surface area contributed by atoms with Crippen LogP contribution in [0.3, 0.4) is 0 Å². The topological polar surface area (TPSA) is 47.6 Å². The maximum atomic E-state index is 11.6. The number of hydrogen-bond acceptors (Lipinski definition) is 3. The van der Waals surface area contributed by atoms with Crippen molar-refractivity contribution >= 4 is 5.91 Å². The maximum absolute atomic E-state index is 11.6. The Bertz CT molecular complexity index is 416. The first-order valence-corrected chi connectivity index (χ1v) is 5.79. The third kappa shape index (κ3) is 4.13. The summed E-state index contributed by atoms with van der Waals surface area (Å²) in [6, 6.07) is 5.46. The zero-order valence-corrected chi connectivity index (χ0v) is 10.9. The Morgan fingerprint density at radius 3 is 2.67 bits per heavy atom. The molecule has 1 rings (SSSR count). The first kappa shape index (κ1) is 14.1. The molecule has 0 fully saturated rings. The van der Waals surface area contributed by atoms with Gasteiger partial charge in [-0.1, -0.05) is 12.1 Å². The predicted molar refractivity (Wildman–Crippen MR) is 71.1 cm³/mol. The van der Waals surface area contributed by atoms with Crippen LogP contribution in [0.5, 0.6) is 11.5 Å². The zero-order valence-electron chi connectivity index (χ0n) is 10.9. The Hall–Kier alpha value is -1.97. The molecule has 1 amide bonds. The summed E-state index contributed by atoms with van der Waals surface area (Å²) in [5, 5.41) is 2.82. The van der Waals surface area contributed by atoms with Gasteiger partial charge in [0.25, 0.3) is 0 Å². The van der Waals surface area contributed by atoms with Crippen molar-refractivity contribution < 1.29 is 14.3 Å². The average molecular weight is 249 g/mol. The van der Waals surface area contributed by atoms with E-state index in [-0.39, 0.29) is 5.91 Å². The maximum Gasteiger partial charge on any atom is 0.224 e. The molecular weight excluding hydrogens is 230 g/mol.